The van der Waals surface area contributed by atoms with Crippen LogP contribution in [0.1, 0.15) is 12.5 Å². The van der Waals surface area contributed by atoms with Crippen LogP contribution in [0.3, 0.4) is 0 Å². The van der Waals surface area contributed by atoms with Crippen LogP contribution in [0.25, 0.3) is 21.8 Å². The van der Waals surface area contributed by atoms with Gasteiger partial charge >= 0.3 is 5.97 Å². The number of ether oxygens (including phenoxy) is 1. The first-order valence-electron chi connectivity index (χ1n) is 11.2. The van der Waals surface area contributed by atoms with Gasteiger partial charge in [-0.3, -0.25) is 9.59 Å². The zero-order chi connectivity index (χ0) is 25.2. The standard InChI is InChI=1S/C26H27N3O5S/c1-4-29-23-8-6-5-7-21(23)22-15-19(11-14-24(22)29)27-25(30)17-34-26(31)16-28(3)35(32,33)20-12-9-18(2)10-13-20/h5-15H,4,16-17H2,1-3H3,(H,27,30). The molecule has 0 radical (unpaired) electrons. The molecule has 182 valence electrons. The summed E-state index contributed by atoms with van der Waals surface area (Å²) in [6.45, 7) is 3.72. The van der Waals surface area contributed by atoms with Crippen molar-refractivity contribution in [1.29, 1.82) is 0 Å². The fourth-order valence-corrected chi connectivity index (χ4v) is 5.13. The summed E-state index contributed by atoms with van der Waals surface area (Å²) in [5.74, 6) is -1.33. The van der Waals surface area contributed by atoms with E-state index in [1.54, 1.807) is 18.2 Å². The van der Waals surface area contributed by atoms with Crippen molar-refractivity contribution in [3.8, 4) is 0 Å². The van der Waals surface area contributed by atoms with Crippen LogP contribution < -0.4 is 5.32 Å². The Morgan fingerprint density at radius 1 is 0.971 bits per heavy atom. The number of para-hydroxylation sites is 1. The number of likely N-dealkylation sites (N-methyl/N-ethyl adjacent to an activating group) is 1. The third-order valence-corrected chi connectivity index (χ3v) is 7.64. The molecule has 0 saturated heterocycles. The largest absolute Gasteiger partial charge is 0.455 e. The van der Waals surface area contributed by atoms with Gasteiger partial charge in [-0.15, -0.1) is 0 Å². The molecule has 0 atom stereocenters. The Morgan fingerprint density at radius 2 is 1.66 bits per heavy atom. The number of aromatic nitrogens is 1. The number of amides is 1. The van der Waals surface area contributed by atoms with Crippen molar-refractivity contribution in [2.24, 2.45) is 0 Å². The van der Waals surface area contributed by atoms with Gasteiger partial charge in [0.25, 0.3) is 5.91 Å². The lowest BCUT2D eigenvalue weighted by molar-refractivity contribution is -0.147. The van der Waals surface area contributed by atoms with E-state index in [1.807, 2.05) is 37.3 Å². The minimum absolute atomic E-state index is 0.0796. The van der Waals surface area contributed by atoms with Crippen LogP contribution in [0.15, 0.2) is 71.6 Å². The number of nitrogens with zero attached hydrogens (tertiary/aromatic N) is 2. The molecule has 1 amide bonds. The lowest BCUT2D eigenvalue weighted by Gasteiger charge is -2.16. The quantitative estimate of drug-likeness (QED) is 0.375. The smallest absolute Gasteiger partial charge is 0.321 e. The predicted molar refractivity (Wildman–Crippen MR) is 136 cm³/mol. The van der Waals surface area contributed by atoms with Crippen molar-refractivity contribution in [2.45, 2.75) is 25.3 Å². The number of carbonyl (C=O) groups is 2. The van der Waals surface area contributed by atoms with Gasteiger partial charge in [0.15, 0.2) is 6.61 Å². The number of rotatable bonds is 8. The molecule has 4 rings (SSSR count). The van der Waals surface area contributed by atoms with Gasteiger partial charge < -0.3 is 14.6 Å². The Morgan fingerprint density at radius 3 is 2.37 bits per heavy atom. The van der Waals surface area contributed by atoms with E-state index >= 15 is 0 Å². The van der Waals surface area contributed by atoms with Gasteiger partial charge in [-0.25, -0.2) is 8.42 Å². The molecule has 1 N–H and O–H groups in total. The fraction of sp³-hybridized carbons (Fsp3) is 0.231. The second-order valence-electron chi connectivity index (χ2n) is 8.28. The molecule has 35 heavy (non-hydrogen) atoms. The fourth-order valence-electron chi connectivity index (χ4n) is 4.02. The maximum absolute atomic E-state index is 12.6. The minimum Gasteiger partial charge on any atom is -0.455 e. The van der Waals surface area contributed by atoms with Gasteiger partial charge in [0, 0.05) is 41.1 Å². The topological polar surface area (TPSA) is 97.7 Å². The Hall–Kier alpha value is -3.69. The first-order chi connectivity index (χ1) is 16.7. The van der Waals surface area contributed by atoms with E-state index in [1.165, 1.54) is 19.2 Å². The highest BCUT2D eigenvalue weighted by atomic mass is 32.2. The Labute approximate surface area is 204 Å². The van der Waals surface area contributed by atoms with E-state index in [-0.39, 0.29) is 4.90 Å². The zero-order valence-electron chi connectivity index (χ0n) is 19.8. The first kappa shape index (κ1) is 24.4. The molecule has 0 bridgehead atoms. The van der Waals surface area contributed by atoms with Crippen LogP contribution in [0.4, 0.5) is 5.69 Å². The number of hydrogen-bond acceptors (Lipinski definition) is 5. The highest BCUT2D eigenvalue weighted by molar-refractivity contribution is 7.89. The van der Waals surface area contributed by atoms with Crippen molar-refractivity contribution in [3.05, 3.63) is 72.3 Å². The number of nitrogens with one attached hydrogen (secondary N) is 1. The van der Waals surface area contributed by atoms with E-state index in [4.69, 9.17) is 4.74 Å². The maximum atomic E-state index is 12.6. The summed E-state index contributed by atoms with van der Waals surface area (Å²) in [6, 6.07) is 20.0. The number of anilines is 1. The Balaban J connectivity index is 1.38. The molecule has 8 nitrogen and oxygen atoms in total. The molecule has 4 aromatic rings. The van der Waals surface area contributed by atoms with Gasteiger partial charge in [-0.1, -0.05) is 35.9 Å². The molecule has 9 heteroatoms. The number of benzene rings is 3. The van der Waals surface area contributed by atoms with Crippen LogP contribution >= 0.6 is 0 Å². The summed E-state index contributed by atoms with van der Waals surface area (Å²) in [7, 11) is -2.56. The summed E-state index contributed by atoms with van der Waals surface area (Å²) in [5, 5.41) is 4.84. The van der Waals surface area contributed by atoms with Gasteiger partial charge in [-0.05, 0) is 50.2 Å². The molecule has 3 aromatic carbocycles. The summed E-state index contributed by atoms with van der Waals surface area (Å²) in [5.41, 5.74) is 3.69. The van der Waals surface area contributed by atoms with Crippen LogP contribution in [0.5, 0.6) is 0 Å². The predicted octanol–water partition coefficient (Wildman–Crippen LogP) is 3.93. The molecule has 0 aliphatic rings. The molecule has 1 aromatic heterocycles. The van der Waals surface area contributed by atoms with Crippen LogP contribution in [-0.4, -0.2) is 49.4 Å². The molecular weight excluding hydrogens is 466 g/mol. The third-order valence-electron chi connectivity index (χ3n) is 5.82. The number of hydrogen-bond donors (Lipinski definition) is 1. The van der Waals surface area contributed by atoms with Gasteiger partial charge in [0.1, 0.15) is 6.54 Å². The van der Waals surface area contributed by atoms with Crippen LogP contribution in [-0.2, 0) is 30.9 Å². The average molecular weight is 494 g/mol. The van der Waals surface area contributed by atoms with Crippen LogP contribution in [0, 0.1) is 6.92 Å². The molecule has 0 unspecified atom stereocenters. The number of esters is 1. The van der Waals surface area contributed by atoms with Crippen molar-refractivity contribution >= 4 is 49.4 Å². The highest BCUT2D eigenvalue weighted by Gasteiger charge is 2.24. The van der Waals surface area contributed by atoms with Gasteiger partial charge in [0.2, 0.25) is 10.0 Å². The molecule has 1 heterocycles. The number of carbonyl (C=O) groups excluding carboxylic acids is 2. The van der Waals surface area contributed by atoms with Gasteiger partial charge in [0.05, 0.1) is 4.90 Å². The molecule has 0 aliphatic carbocycles. The lowest BCUT2D eigenvalue weighted by atomic mass is 10.1. The molecule has 0 saturated carbocycles. The summed E-state index contributed by atoms with van der Waals surface area (Å²) < 4.78 is 33.4. The second-order valence-corrected chi connectivity index (χ2v) is 10.3. The maximum Gasteiger partial charge on any atom is 0.321 e. The van der Waals surface area contributed by atoms with Crippen LogP contribution in [0.2, 0.25) is 0 Å². The summed E-state index contributed by atoms with van der Waals surface area (Å²) in [4.78, 5) is 24.7. The highest BCUT2D eigenvalue weighted by Crippen LogP contribution is 2.31. The van der Waals surface area contributed by atoms with Crippen molar-refractivity contribution in [2.75, 3.05) is 25.5 Å². The normalized spacial score (nSPS) is 11.8. The molecular formula is C26H27N3O5S. The van der Waals surface area contributed by atoms with Gasteiger partial charge in [-0.2, -0.15) is 4.31 Å². The SMILES string of the molecule is CCn1c2ccccc2c2cc(NC(=O)COC(=O)CN(C)S(=O)(=O)c3ccc(C)cc3)ccc21. The first-order valence-corrected chi connectivity index (χ1v) is 12.6. The Bertz CT molecular complexity index is 1510. The molecule has 0 spiro atoms. The number of aryl methyl sites for hydroxylation is 2. The zero-order valence-corrected chi connectivity index (χ0v) is 20.6. The van der Waals surface area contributed by atoms with E-state index in [0.29, 0.717) is 5.69 Å². The number of sulfonamides is 1. The summed E-state index contributed by atoms with van der Waals surface area (Å²) in [6.07, 6.45) is 0. The molecule has 0 fully saturated rings. The monoisotopic (exact) mass is 493 g/mol. The van der Waals surface area contributed by atoms with E-state index in [0.717, 1.165) is 38.2 Å². The molecule has 0 aliphatic heterocycles. The number of fused-ring (bicyclic) bond motifs is 3. The Kier molecular flexibility index (Phi) is 6.90. The van der Waals surface area contributed by atoms with Crippen molar-refractivity contribution in [1.82, 2.24) is 8.87 Å². The van der Waals surface area contributed by atoms with Crippen molar-refractivity contribution < 1.29 is 22.7 Å². The van der Waals surface area contributed by atoms with E-state index < -0.39 is 35.1 Å². The summed E-state index contributed by atoms with van der Waals surface area (Å²) >= 11 is 0. The lowest BCUT2D eigenvalue weighted by Crippen LogP contribution is -2.34. The van der Waals surface area contributed by atoms with E-state index in [9.17, 15) is 18.0 Å². The second kappa shape index (κ2) is 9.89. The van der Waals surface area contributed by atoms with Crippen molar-refractivity contribution in [3.63, 3.8) is 0 Å². The average Bonchev–Trinajstić information content (AvgIpc) is 3.16. The minimum atomic E-state index is -3.85. The van der Waals surface area contributed by atoms with E-state index in [2.05, 4.69) is 22.9 Å². The third kappa shape index (κ3) is 5.06.